The number of hydrogen-bond donors (Lipinski definition) is 1. The monoisotopic (exact) mass is 450 g/mol. The molecule has 0 saturated carbocycles. The fourth-order valence-electron chi connectivity index (χ4n) is 3.23. The number of para-hydroxylation sites is 1. The molecule has 0 radical (unpaired) electrons. The fourth-order valence-corrected chi connectivity index (χ4v) is 4.49. The number of benzene rings is 3. The van der Waals surface area contributed by atoms with Crippen molar-refractivity contribution in [2.45, 2.75) is 26.2 Å². The Morgan fingerprint density at radius 3 is 2.65 bits per heavy atom. The molecule has 3 aromatic carbocycles. The zero-order chi connectivity index (χ0) is 21.8. The summed E-state index contributed by atoms with van der Waals surface area (Å²) < 4.78 is 6.73. The minimum absolute atomic E-state index is 0.0677. The number of anilines is 1. The summed E-state index contributed by atoms with van der Waals surface area (Å²) in [7, 11) is 0. The molecule has 158 valence electrons. The summed E-state index contributed by atoms with van der Waals surface area (Å²) in [6.45, 7) is 4.29. The number of hydrogen-bond acceptors (Lipinski definition) is 4. The molecule has 1 heterocycles. The van der Waals surface area contributed by atoms with Crippen LogP contribution in [0.4, 0.5) is 5.69 Å². The van der Waals surface area contributed by atoms with Crippen LogP contribution in [0.5, 0.6) is 5.75 Å². The Hall–Kier alpha value is -2.89. The van der Waals surface area contributed by atoms with Gasteiger partial charge in [0.1, 0.15) is 10.8 Å². The molecule has 4 aromatic rings. The van der Waals surface area contributed by atoms with Gasteiger partial charge in [-0.15, -0.1) is 11.3 Å². The molecular formula is C25H23ClN2O2S. The molecule has 1 N–H and O–H groups in total. The molecule has 0 aliphatic rings. The molecule has 0 fully saturated rings. The maximum absolute atomic E-state index is 12.4. The number of carbonyl (C=O) groups is 1. The number of nitrogens with zero attached hydrogens (tertiary/aromatic N) is 1. The van der Waals surface area contributed by atoms with Crippen LogP contribution in [0.25, 0.3) is 20.8 Å². The second-order valence-electron chi connectivity index (χ2n) is 7.40. The third kappa shape index (κ3) is 5.06. The van der Waals surface area contributed by atoms with Crippen LogP contribution in [0.15, 0.2) is 66.7 Å². The van der Waals surface area contributed by atoms with Crippen molar-refractivity contribution in [3.8, 4) is 16.3 Å². The van der Waals surface area contributed by atoms with Crippen molar-refractivity contribution in [2.24, 2.45) is 0 Å². The lowest BCUT2D eigenvalue weighted by Crippen LogP contribution is -2.20. The van der Waals surface area contributed by atoms with E-state index < -0.39 is 0 Å². The van der Waals surface area contributed by atoms with Crippen molar-refractivity contribution in [1.82, 2.24) is 4.98 Å². The van der Waals surface area contributed by atoms with Crippen LogP contribution in [-0.4, -0.2) is 17.5 Å². The molecule has 0 unspecified atom stereocenters. The molecule has 4 nitrogen and oxygen atoms in total. The van der Waals surface area contributed by atoms with Crippen LogP contribution in [-0.2, 0) is 4.79 Å². The van der Waals surface area contributed by atoms with Crippen LogP contribution in [0.3, 0.4) is 0 Å². The molecule has 6 heteroatoms. The van der Waals surface area contributed by atoms with Crippen molar-refractivity contribution >= 4 is 44.7 Å². The lowest BCUT2D eigenvalue weighted by Gasteiger charge is -2.11. The molecule has 0 saturated heterocycles. The number of fused-ring (bicyclic) bond motifs is 1. The maximum atomic E-state index is 12.4. The number of rotatable bonds is 7. The second-order valence-corrected chi connectivity index (χ2v) is 8.83. The molecule has 1 aromatic heterocycles. The number of halogens is 1. The van der Waals surface area contributed by atoms with E-state index >= 15 is 0 Å². The van der Waals surface area contributed by atoms with E-state index in [4.69, 9.17) is 16.3 Å². The van der Waals surface area contributed by atoms with Gasteiger partial charge in [-0.05, 0) is 60.4 Å². The molecule has 31 heavy (non-hydrogen) atoms. The maximum Gasteiger partial charge on any atom is 0.262 e. The number of amides is 1. The standard InChI is InChI=1S/C25H23ClN2O2S/c1-3-16(2)17-8-11-19(12-9-17)30-15-24(29)27-18-10-13-21(26)20(14-18)25-28-22-6-4-5-7-23(22)31-25/h4-14,16H,3,15H2,1-2H3,(H,27,29)/t16-/m0/s1. The second kappa shape index (κ2) is 9.50. The van der Waals surface area contributed by atoms with E-state index in [1.54, 1.807) is 23.5 Å². The minimum atomic E-state index is -0.233. The number of aromatic nitrogens is 1. The van der Waals surface area contributed by atoms with Crippen molar-refractivity contribution in [2.75, 3.05) is 11.9 Å². The molecule has 4 rings (SSSR count). The van der Waals surface area contributed by atoms with Gasteiger partial charge in [-0.2, -0.15) is 0 Å². The largest absolute Gasteiger partial charge is 0.484 e. The highest BCUT2D eigenvalue weighted by Gasteiger charge is 2.12. The van der Waals surface area contributed by atoms with Gasteiger partial charge < -0.3 is 10.1 Å². The molecular weight excluding hydrogens is 428 g/mol. The van der Waals surface area contributed by atoms with E-state index in [0.717, 1.165) is 27.2 Å². The Bertz CT molecular complexity index is 1170. The molecule has 1 atom stereocenters. The van der Waals surface area contributed by atoms with Gasteiger partial charge in [0.25, 0.3) is 5.91 Å². The Morgan fingerprint density at radius 2 is 1.90 bits per heavy atom. The molecule has 0 aliphatic heterocycles. The van der Waals surface area contributed by atoms with Gasteiger partial charge in [0.05, 0.1) is 15.2 Å². The third-order valence-electron chi connectivity index (χ3n) is 5.21. The van der Waals surface area contributed by atoms with Gasteiger partial charge in [-0.3, -0.25) is 4.79 Å². The minimum Gasteiger partial charge on any atom is -0.484 e. The lowest BCUT2D eigenvalue weighted by atomic mass is 9.99. The first-order chi connectivity index (χ1) is 15.0. The van der Waals surface area contributed by atoms with Crippen LogP contribution < -0.4 is 10.1 Å². The lowest BCUT2D eigenvalue weighted by molar-refractivity contribution is -0.118. The Balaban J connectivity index is 1.42. The van der Waals surface area contributed by atoms with Crippen LogP contribution in [0, 0.1) is 0 Å². The number of carbonyl (C=O) groups excluding carboxylic acids is 1. The van der Waals surface area contributed by atoms with Crippen molar-refractivity contribution in [1.29, 1.82) is 0 Å². The van der Waals surface area contributed by atoms with Crippen LogP contribution in [0.2, 0.25) is 5.02 Å². The van der Waals surface area contributed by atoms with E-state index in [0.29, 0.717) is 22.4 Å². The molecule has 1 amide bonds. The summed E-state index contributed by atoms with van der Waals surface area (Å²) in [6, 6.07) is 21.2. The van der Waals surface area contributed by atoms with E-state index in [1.165, 1.54) is 5.56 Å². The summed E-state index contributed by atoms with van der Waals surface area (Å²) >= 11 is 7.98. The summed E-state index contributed by atoms with van der Waals surface area (Å²) in [4.78, 5) is 17.1. The summed E-state index contributed by atoms with van der Waals surface area (Å²) in [6.07, 6.45) is 1.09. The van der Waals surface area contributed by atoms with Crippen LogP contribution >= 0.6 is 22.9 Å². The highest BCUT2D eigenvalue weighted by atomic mass is 35.5. The normalized spacial score (nSPS) is 12.0. The molecule has 0 bridgehead atoms. The summed E-state index contributed by atoms with van der Waals surface area (Å²) in [5.41, 5.74) is 3.64. The third-order valence-corrected chi connectivity index (χ3v) is 6.61. The summed E-state index contributed by atoms with van der Waals surface area (Å²) in [5, 5.41) is 4.29. The predicted molar refractivity (Wildman–Crippen MR) is 129 cm³/mol. The Kier molecular flexibility index (Phi) is 6.54. The van der Waals surface area contributed by atoms with Crippen molar-refractivity contribution in [3.63, 3.8) is 0 Å². The molecule has 0 spiro atoms. The van der Waals surface area contributed by atoms with Crippen LogP contribution in [0.1, 0.15) is 31.7 Å². The summed E-state index contributed by atoms with van der Waals surface area (Å²) in [5.74, 6) is 0.948. The first-order valence-electron chi connectivity index (χ1n) is 10.2. The van der Waals surface area contributed by atoms with Gasteiger partial charge >= 0.3 is 0 Å². The fraction of sp³-hybridized carbons (Fsp3) is 0.200. The van der Waals surface area contributed by atoms with E-state index in [9.17, 15) is 4.79 Å². The van der Waals surface area contributed by atoms with Gasteiger partial charge in [-0.25, -0.2) is 4.98 Å². The average Bonchev–Trinajstić information content (AvgIpc) is 3.23. The van der Waals surface area contributed by atoms with E-state index in [1.807, 2.05) is 54.6 Å². The highest BCUT2D eigenvalue weighted by molar-refractivity contribution is 7.21. The van der Waals surface area contributed by atoms with Gasteiger partial charge in [-0.1, -0.05) is 49.7 Å². The van der Waals surface area contributed by atoms with Gasteiger partial charge in [0.15, 0.2) is 6.61 Å². The number of nitrogens with one attached hydrogen (secondary N) is 1. The quantitative estimate of drug-likeness (QED) is 0.325. The Labute approximate surface area is 190 Å². The highest BCUT2D eigenvalue weighted by Crippen LogP contribution is 2.35. The Morgan fingerprint density at radius 1 is 1.13 bits per heavy atom. The van der Waals surface area contributed by atoms with Crippen molar-refractivity contribution in [3.05, 3.63) is 77.3 Å². The number of thiazole rings is 1. The van der Waals surface area contributed by atoms with Gasteiger partial charge in [0, 0.05) is 11.3 Å². The smallest absolute Gasteiger partial charge is 0.262 e. The zero-order valence-electron chi connectivity index (χ0n) is 17.4. The predicted octanol–water partition coefficient (Wildman–Crippen LogP) is 7.15. The van der Waals surface area contributed by atoms with Crippen molar-refractivity contribution < 1.29 is 9.53 Å². The SMILES string of the molecule is CC[C@H](C)c1ccc(OCC(=O)Nc2ccc(Cl)c(-c3nc4ccccc4s3)c2)cc1. The zero-order valence-corrected chi connectivity index (χ0v) is 19.0. The first kappa shape index (κ1) is 21.3. The topological polar surface area (TPSA) is 51.2 Å². The molecule has 0 aliphatic carbocycles. The van der Waals surface area contributed by atoms with E-state index in [2.05, 4.69) is 24.1 Å². The number of ether oxygens (including phenoxy) is 1. The van der Waals surface area contributed by atoms with E-state index in [-0.39, 0.29) is 12.5 Å². The average molecular weight is 451 g/mol. The van der Waals surface area contributed by atoms with Gasteiger partial charge in [0.2, 0.25) is 0 Å². The first-order valence-corrected chi connectivity index (χ1v) is 11.4.